The quantitative estimate of drug-likeness (QED) is 0.539. The molecule has 0 aliphatic heterocycles. The molecular weight excluding hydrogens is 144 g/mol. The zero-order valence-corrected chi connectivity index (χ0v) is 7.20. The zero-order valence-electron chi connectivity index (χ0n) is 7.20. The molecule has 0 aromatic heterocycles. The third-order valence-electron chi connectivity index (χ3n) is 1.63. The molecule has 0 saturated carbocycles. The first-order valence-corrected chi connectivity index (χ1v) is 4.03. The van der Waals surface area contributed by atoms with E-state index in [1.807, 2.05) is 6.92 Å². The number of rotatable bonds is 5. The molecule has 0 bridgehead atoms. The van der Waals surface area contributed by atoms with E-state index in [-0.39, 0.29) is 18.6 Å². The van der Waals surface area contributed by atoms with Crippen LogP contribution in [0.1, 0.15) is 26.7 Å². The van der Waals surface area contributed by atoms with Crippen molar-refractivity contribution in [3.8, 4) is 0 Å². The molecule has 0 rings (SSSR count). The van der Waals surface area contributed by atoms with Gasteiger partial charge < -0.3 is 15.3 Å². The summed E-state index contributed by atoms with van der Waals surface area (Å²) in [6, 6.07) is 0. The van der Waals surface area contributed by atoms with Crippen molar-refractivity contribution < 1.29 is 15.3 Å². The van der Waals surface area contributed by atoms with Gasteiger partial charge in [-0.2, -0.15) is 0 Å². The SMILES string of the molecule is CC(O)CC(C)CC(O)CO. The minimum atomic E-state index is -0.635. The second-order valence-corrected chi connectivity index (χ2v) is 3.26. The first-order valence-electron chi connectivity index (χ1n) is 4.03. The highest BCUT2D eigenvalue weighted by molar-refractivity contribution is 4.62. The van der Waals surface area contributed by atoms with Gasteiger partial charge in [0.05, 0.1) is 18.8 Å². The Hall–Kier alpha value is -0.120. The summed E-state index contributed by atoms with van der Waals surface area (Å²) < 4.78 is 0. The molecule has 3 nitrogen and oxygen atoms in total. The Morgan fingerprint density at radius 2 is 1.64 bits per heavy atom. The Labute approximate surface area is 67.7 Å². The van der Waals surface area contributed by atoms with Crippen molar-refractivity contribution in [2.24, 2.45) is 5.92 Å². The molecule has 0 aromatic carbocycles. The summed E-state index contributed by atoms with van der Waals surface area (Å²) in [6.45, 7) is 3.48. The van der Waals surface area contributed by atoms with Crippen LogP contribution in [-0.4, -0.2) is 34.1 Å². The Balaban J connectivity index is 3.43. The lowest BCUT2D eigenvalue weighted by Crippen LogP contribution is -2.18. The molecular formula is C8H18O3. The molecule has 0 saturated heterocycles. The van der Waals surface area contributed by atoms with Gasteiger partial charge >= 0.3 is 0 Å². The van der Waals surface area contributed by atoms with Crippen LogP contribution < -0.4 is 0 Å². The molecule has 0 aliphatic carbocycles. The molecule has 3 unspecified atom stereocenters. The zero-order chi connectivity index (χ0) is 8.85. The molecule has 3 atom stereocenters. The van der Waals surface area contributed by atoms with Crippen LogP contribution in [0.2, 0.25) is 0 Å². The van der Waals surface area contributed by atoms with Gasteiger partial charge in [0.2, 0.25) is 0 Å². The molecule has 0 radical (unpaired) electrons. The molecule has 3 N–H and O–H groups in total. The number of hydrogen-bond donors (Lipinski definition) is 3. The van der Waals surface area contributed by atoms with Crippen molar-refractivity contribution in [3.63, 3.8) is 0 Å². The van der Waals surface area contributed by atoms with Crippen molar-refractivity contribution in [2.75, 3.05) is 6.61 Å². The standard InChI is InChI=1S/C8H18O3/c1-6(3-7(2)10)4-8(11)5-9/h6-11H,3-5H2,1-2H3. The van der Waals surface area contributed by atoms with Crippen molar-refractivity contribution >= 4 is 0 Å². The van der Waals surface area contributed by atoms with E-state index in [0.29, 0.717) is 12.8 Å². The van der Waals surface area contributed by atoms with Crippen LogP contribution in [0.4, 0.5) is 0 Å². The second kappa shape index (κ2) is 5.52. The van der Waals surface area contributed by atoms with Gasteiger partial charge in [-0.1, -0.05) is 6.92 Å². The second-order valence-electron chi connectivity index (χ2n) is 3.26. The summed E-state index contributed by atoms with van der Waals surface area (Å²) in [5, 5.41) is 26.5. The molecule has 3 heteroatoms. The summed E-state index contributed by atoms with van der Waals surface area (Å²) in [5.74, 6) is 0.261. The van der Waals surface area contributed by atoms with Gasteiger partial charge in [-0.25, -0.2) is 0 Å². The van der Waals surface area contributed by atoms with Gasteiger partial charge in [-0.3, -0.25) is 0 Å². The number of aliphatic hydroxyl groups is 3. The third-order valence-corrected chi connectivity index (χ3v) is 1.63. The smallest absolute Gasteiger partial charge is 0.0773 e. The van der Waals surface area contributed by atoms with E-state index >= 15 is 0 Å². The first kappa shape index (κ1) is 10.9. The molecule has 0 aromatic rings. The van der Waals surface area contributed by atoms with Crippen LogP contribution in [0.3, 0.4) is 0 Å². The largest absolute Gasteiger partial charge is 0.394 e. The van der Waals surface area contributed by atoms with Crippen LogP contribution in [0.15, 0.2) is 0 Å². The van der Waals surface area contributed by atoms with Gasteiger partial charge in [-0.15, -0.1) is 0 Å². The Morgan fingerprint density at radius 3 is 2.00 bits per heavy atom. The average molecular weight is 162 g/mol. The lowest BCUT2D eigenvalue weighted by molar-refractivity contribution is 0.0663. The van der Waals surface area contributed by atoms with E-state index in [1.54, 1.807) is 6.92 Å². The van der Waals surface area contributed by atoms with E-state index < -0.39 is 6.10 Å². The number of aliphatic hydroxyl groups excluding tert-OH is 3. The van der Waals surface area contributed by atoms with Gasteiger partial charge in [0.15, 0.2) is 0 Å². The highest BCUT2D eigenvalue weighted by Crippen LogP contribution is 2.12. The van der Waals surface area contributed by atoms with Crippen LogP contribution >= 0.6 is 0 Å². The van der Waals surface area contributed by atoms with Crippen molar-refractivity contribution in [3.05, 3.63) is 0 Å². The fourth-order valence-electron chi connectivity index (χ4n) is 1.22. The monoisotopic (exact) mass is 162 g/mol. The summed E-state index contributed by atoms with van der Waals surface area (Å²) >= 11 is 0. The summed E-state index contributed by atoms with van der Waals surface area (Å²) in [4.78, 5) is 0. The summed E-state index contributed by atoms with van der Waals surface area (Å²) in [7, 11) is 0. The molecule has 0 spiro atoms. The molecule has 0 amide bonds. The number of hydrogen-bond acceptors (Lipinski definition) is 3. The highest BCUT2D eigenvalue weighted by atomic mass is 16.3. The highest BCUT2D eigenvalue weighted by Gasteiger charge is 2.10. The van der Waals surface area contributed by atoms with Gasteiger partial charge in [0, 0.05) is 0 Å². The van der Waals surface area contributed by atoms with Crippen molar-refractivity contribution in [1.82, 2.24) is 0 Å². The molecule has 0 heterocycles. The molecule has 11 heavy (non-hydrogen) atoms. The predicted molar refractivity (Wildman–Crippen MR) is 43.2 cm³/mol. The summed E-state index contributed by atoms with van der Waals surface area (Å²) in [6.07, 6.45) is 0.276. The van der Waals surface area contributed by atoms with Crippen molar-refractivity contribution in [1.29, 1.82) is 0 Å². The maximum absolute atomic E-state index is 9.01. The minimum absolute atomic E-state index is 0.190. The molecule has 68 valence electrons. The third kappa shape index (κ3) is 6.28. The maximum atomic E-state index is 9.01. The van der Waals surface area contributed by atoms with Crippen molar-refractivity contribution in [2.45, 2.75) is 38.9 Å². The summed E-state index contributed by atoms with van der Waals surface area (Å²) in [5.41, 5.74) is 0. The lowest BCUT2D eigenvalue weighted by atomic mass is 9.98. The minimum Gasteiger partial charge on any atom is -0.394 e. The Morgan fingerprint density at radius 1 is 1.09 bits per heavy atom. The average Bonchev–Trinajstić information content (AvgIpc) is 1.85. The van der Waals surface area contributed by atoms with E-state index in [9.17, 15) is 0 Å². The predicted octanol–water partition coefficient (Wildman–Crippen LogP) is 0.137. The van der Waals surface area contributed by atoms with E-state index in [0.717, 1.165) is 0 Å². The van der Waals surface area contributed by atoms with Gasteiger partial charge in [0.1, 0.15) is 0 Å². The Bertz CT molecular complexity index is 93.3. The fourth-order valence-corrected chi connectivity index (χ4v) is 1.22. The lowest BCUT2D eigenvalue weighted by Gasteiger charge is -2.15. The van der Waals surface area contributed by atoms with Gasteiger partial charge in [0.25, 0.3) is 0 Å². The van der Waals surface area contributed by atoms with E-state index in [1.165, 1.54) is 0 Å². The van der Waals surface area contributed by atoms with Crippen LogP contribution in [0, 0.1) is 5.92 Å². The maximum Gasteiger partial charge on any atom is 0.0773 e. The van der Waals surface area contributed by atoms with Gasteiger partial charge in [-0.05, 0) is 25.7 Å². The van der Waals surface area contributed by atoms with Crippen LogP contribution in [-0.2, 0) is 0 Å². The van der Waals surface area contributed by atoms with E-state index in [2.05, 4.69) is 0 Å². The van der Waals surface area contributed by atoms with Crippen LogP contribution in [0.25, 0.3) is 0 Å². The topological polar surface area (TPSA) is 60.7 Å². The Kier molecular flexibility index (Phi) is 5.46. The molecule has 0 fully saturated rings. The first-order chi connectivity index (χ1) is 5.06. The normalized spacial score (nSPS) is 19.4. The molecule has 0 aliphatic rings. The van der Waals surface area contributed by atoms with Crippen LogP contribution in [0.5, 0.6) is 0 Å². The fraction of sp³-hybridized carbons (Fsp3) is 1.00. The van der Waals surface area contributed by atoms with E-state index in [4.69, 9.17) is 15.3 Å².